The largest absolute Gasteiger partial charge is 0.480 e. The fourth-order valence-electron chi connectivity index (χ4n) is 1.17. The highest BCUT2D eigenvalue weighted by Crippen LogP contribution is 2.21. The topological polar surface area (TPSA) is 110 Å². The van der Waals surface area contributed by atoms with Crippen molar-refractivity contribution in [1.82, 2.24) is 4.72 Å². The van der Waals surface area contributed by atoms with E-state index in [1.807, 2.05) is 0 Å². The number of methoxy groups -OCH3 is 1. The van der Waals surface area contributed by atoms with Crippen LogP contribution in [-0.4, -0.2) is 50.5 Å². The second-order valence-electron chi connectivity index (χ2n) is 3.83. The predicted molar refractivity (Wildman–Crippen MR) is 60.3 cm³/mol. The number of hydrogen-bond acceptors (Lipinski definition) is 5. The van der Waals surface area contributed by atoms with Gasteiger partial charge in [-0.25, -0.2) is 13.1 Å². The molecule has 2 N–H and O–H groups in total. The highest BCUT2D eigenvalue weighted by molar-refractivity contribution is 7.89. The van der Waals surface area contributed by atoms with Gasteiger partial charge < -0.3 is 9.84 Å². The number of esters is 1. The zero-order valence-corrected chi connectivity index (χ0v) is 11.3. The number of carboxylic acid groups (broad SMARTS) is 1. The average molecular weight is 321 g/mol. The average Bonchev–Trinajstić information content (AvgIpc) is 2.25. The Morgan fingerprint density at radius 2 is 1.90 bits per heavy atom. The summed E-state index contributed by atoms with van der Waals surface area (Å²) in [6.07, 6.45) is -7.26. The number of alkyl halides is 3. The Morgan fingerprint density at radius 1 is 1.35 bits per heavy atom. The molecule has 11 heteroatoms. The van der Waals surface area contributed by atoms with Gasteiger partial charge in [-0.2, -0.15) is 13.2 Å². The van der Waals surface area contributed by atoms with Crippen LogP contribution in [0.3, 0.4) is 0 Å². The van der Waals surface area contributed by atoms with Gasteiger partial charge in [0.15, 0.2) is 0 Å². The first kappa shape index (κ1) is 18.6. The molecule has 0 saturated carbocycles. The smallest absolute Gasteiger partial charge is 0.389 e. The lowest BCUT2D eigenvalue weighted by atomic mass is 10.2. The minimum atomic E-state index is -4.49. The number of rotatable bonds is 8. The second-order valence-corrected chi connectivity index (χ2v) is 5.70. The molecule has 0 unspecified atom stereocenters. The molecule has 0 radical (unpaired) electrons. The molecule has 0 bridgehead atoms. The summed E-state index contributed by atoms with van der Waals surface area (Å²) in [5, 5.41) is 8.72. The number of carbonyl (C=O) groups excluding carboxylic acids is 1. The Hall–Kier alpha value is -1.36. The Morgan fingerprint density at radius 3 is 2.30 bits per heavy atom. The van der Waals surface area contributed by atoms with Gasteiger partial charge >= 0.3 is 18.1 Å². The molecule has 0 spiro atoms. The van der Waals surface area contributed by atoms with E-state index in [4.69, 9.17) is 5.11 Å². The standard InChI is InChI=1S/C9H14F3NO6S/c1-19-7(14)5-6(8(15)16)13-20(17,18)4-2-3-9(10,11)12/h6,13H,2-5H2,1H3,(H,15,16)/t6-/m0/s1. The van der Waals surface area contributed by atoms with E-state index in [2.05, 4.69) is 4.74 Å². The molecule has 0 aliphatic heterocycles. The van der Waals surface area contributed by atoms with Crippen molar-refractivity contribution in [2.24, 2.45) is 0 Å². The van der Waals surface area contributed by atoms with Gasteiger partial charge in [-0.3, -0.25) is 9.59 Å². The van der Waals surface area contributed by atoms with Crippen molar-refractivity contribution in [3.05, 3.63) is 0 Å². The Bertz CT molecular complexity index is 447. The summed E-state index contributed by atoms with van der Waals surface area (Å²) in [5.74, 6) is -3.48. The van der Waals surface area contributed by atoms with Crippen molar-refractivity contribution in [1.29, 1.82) is 0 Å². The predicted octanol–water partition coefficient (Wildman–Crippen LogP) is 0.265. The van der Waals surface area contributed by atoms with Crippen molar-refractivity contribution in [3.63, 3.8) is 0 Å². The lowest BCUT2D eigenvalue weighted by molar-refractivity contribution is -0.147. The third-order valence-corrected chi connectivity index (χ3v) is 3.56. The van der Waals surface area contributed by atoms with Crippen LogP contribution >= 0.6 is 0 Å². The maximum absolute atomic E-state index is 11.9. The van der Waals surface area contributed by atoms with Crippen LogP contribution in [0.25, 0.3) is 0 Å². The number of sulfonamides is 1. The van der Waals surface area contributed by atoms with Gasteiger partial charge in [-0.1, -0.05) is 0 Å². The van der Waals surface area contributed by atoms with Gasteiger partial charge in [0.25, 0.3) is 0 Å². The van der Waals surface area contributed by atoms with Gasteiger partial charge in [0.1, 0.15) is 6.04 Å². The van der Waals surface area contributed by atoms with E-state index in [0.29, 0.717) is 0 Å². The van der Waals surface area contributed by atoms with E-state index in [0.717, 1.165) is 7.11 Å². The van der Waals surface area contributed by atoms with Crippen LogP contribution in [0.5, 0.6) is 0 Å². The molecule has 0 rings (SSSR count). The summed E-state index contributed by atoms with van der Waals surface area (Å²) in [4.78, 5) is 21.6. The third-order valence-electron chi connectivity index (χ3n) is 2.09. The normalized spacial score (nSPS) is 13.8. The fourth-order valence-corrected chi connectivity index (χ4v) is 2.43. The number of halogens is 3. The van der Waals surface area contributed by atoms with Crippen LogP contribution in [0, 0.1) is 0 Å². The number of carboxylic acids is 1. The summed E-state index contributed by atoms with van der Waals surface area (Å²) in [6.45, 7) is 0. The maximum Gasteiger partial charge on any atom is 0.389 e. The Labute approximate surface area is 113 Å². The molecule has 0 aromatic rings. The molecule has 0 aliphatic rings. The van der Waals surface area contributed by atoms with Crippen LogP contribution < -0.4 is 4.72 Å². The lowest BCUT2D eigenvalue weighted by Crippen LogP contribution is -2.43. The van der Waals surface area contributed by atoms with Gasteiger partial charge in [0.2, 0.25) is 10.0 Å². The third kappa shape index (κ3) is 8.69. The van der Waals surface area contributed by atoms with Crippen molar-refractivity contribution in [3.8, 4) is 0 Å². The minimum Gasteiger partial charge on any atom is -0.480 e. The summed E-state index contributed by atoms with van der Waals surface area (Å²) in [7, 11) is -3.26. The molecule has 0 aliphatic carbocycles. The molecule has 118 valence electrons. The van der Waals surface area contributed by atoms with E-state index >= 15 is 0 Å². The van der Waals surface area contributed by atoms with Crippen molar-refractivity contribution < 1.29 is 41.0 Å². The summed E-state index contributed by atoms with van der Waals surface area (Å²) >= 11 is 0. The number of carbonyl (C=O) groups is 2. The summed E-state index contributed by atoms with van der Waals surface area (Å²) in [6, 6.07) is -1.78. The van der Waals surface area contributed by atoms with Gasteiger partial charge in [0.05, 0.1) is 19.3 Å². The fraction of sp³-hybridized carbons (Fsp3) is 0.778. The van der Waals surface area contributed by atoms with E-state index in [-0.39, 0.29) is 0 Å². The van der Waals surface area contributed by atoms with Gasteiger partial charge in [-0.05, 0) is 6.42 Å². The van der Waals surface area contributed by atoms with Crippen LogP contribution in [0.1, 0.15) is 19.3 Å². The first-order valence-electron chi connectivity index (χ1n) is 5.33. The maximum atomic E-state index is 11.9. The van der Waals surface area contributed by atoms with Gasteiger partial charge in [0, 0.05) is 6.42 Å². The molecule has 0 saturated heterocycles. The summed E-state index contributed by atoms with van der Waals surface area (Å²) < 4.78 is 64.3. The number of hydrogen-bond donors (Lipinski definition) is 2. The highest BCUT2D eigenvalue weighted by atomic mass is 32.2. The van der Waals surface area contributed by atoms with Crippen LogP contribution in [0.15, 0.2) is 0 Å². The van der Waals surface area contributed by atoms with Crippen molar-refractivity contribution in [2.75, 3.05) is 12.9 Å². The number of ether oxygens (including phenoxy) is 1. The molecule has 0 amide bonds. The zero-order chi connectivity index (χ0) is 16.0. The Balaban J connectivity index is 4.53. The van der Waals surface area contributed by atoms with E-state index < -0.39 is 59.2 Å². The monoisotopic (exact) mass is 321 g/mol. The van der Waals surface area contributed by atoms with Crippen molar-refractivity contribution >= 4 is 22.0 Å². The molecule has 7 nitrogen and oxygen atoms in total. The molecule has 20 heavy (non-hydrogen) atoms. The van der Waals surface area contributed by atoms with Crippen molar-refractivity contribution in [2.45, 2.75) is 31.5 Å². The quantitative estimate of drug-likeness (QED) is 0.621. The Kier molecular flexibility index (Phi) is 6.92. The number of aliphatic carboxylic acids is 1. The van der Waals surface area contributed by atoms with Crippen LogP contribution in [-0.2, 0) is 24.3 Å². The first-order valence-corrected chi connectivity index (χ1v) is 6.98. The SMILES string of the molecule is COC(=O)C[C@H](NS(=O)(=O)CCCC(F)(F)F)C(=O)O. The molecule has 0 aromatic carbocycles. The zero-order valence-electron chi connectivity index (χ0n) is 10.4. The van der Waals surface area contributed by atoms with E-state index in [9.17, 15) is 31.2 Å². The van der Waals surface area contributed by atoms with Gasteiger partial charge in [-0.15, -0.1) is 0 Å². The highest BCUT2D eigenvalue weighted by Gasteiger charge is 2.30. The summed E-state index contributed by atoms with van der Waals surface area (Å²) in [5.41, 5.74) is 0. The first-order chi connectivity index (χ1) is 8.97. The van der Waals surface area contributed by atoms with E-state index in [1.54, 1.807) is 4.72 Å². The molecule has 1 atom stereocenters. The molecular weight excluding hydrogens is 307 g/mol. The van der Waals surface area contributed by atoms with E-state index in [1.165, 1.54) is 0 Å². The molecule has 0 aromatic heterocycles. The van der Waals surface area contributed by atoms with Crippen LogP contribution in [0.4, 0.5) is 13.2 Å². The molecular formula is C9H14F3NO6S. The minimum absolute atomic E-state index is 0.705. The molecule has 0 heterocycles. The van der Waals surface area contributed by atoms with Crippen LogP contribution in [0.2, 0.25) is 0 Å². The lowest BCUT2D eigenvalue weighted by Gasteiger charge is -2.14. The molecule has 0 fully saturated rings. The number of nitrogens with one attached hydrogen (secondary N) is 1. The second kappa shape index (κ2) is 7.43.